The number of hydrogen-bond acceptors (Lipinski definition) is 5. The van der Waals surface area contributed by atoms with E-state index in [-0.39, 0.29) is 11.4 Å². The smallest absolute Gasteiger partial charge is 0.283 e. The summed E-state index contributed by atoms with van der Waals surface area (Å²) < 4.78 is 2.94. The summed E-state index contributed by atoms with van der Waals surface area (Å²) in [5, 5.41) is 14.8. The molecule has 30 heavy (non-hydrogen) atoms. The highest BCUT2D eigenvalue weighted by Gasteiger charge is 2.35. The second-order valence-corrected chi connectivity index (χ2v) is 9.51. The average Bonchev–Trinajstić information content (AvgIpc) is 3.25. The van der Waals surface area contributed by atoms with Crippen molar-refractivity contribution in [1.82, 2.24) is 9.58 Å². The van der Waals surface area contributed by atoms with Crippen LogP contribution >= 0.6 is 23.5 Å². The maximum absolute atomic E-state index is 12.6. The van der Waals surface area contributed by atoms with E-state index in [1.54, 1.807) is 6.08 Å². The van der Waals surface area contributed by atoms with Crippen molar-refractivity contribution in [2.75, 3.05) is 6.26 Å². The molecule has 8 heteroatoms. The van der Waals surface area contributed by atoms with Crippen molar-refractivity contribution in [3.63, 3.8) is 0 Å². The molecule has 0 atom stereocenters. The molecular weight excluding hydrogens is 414 g/mol. The number of aryl methyl sites for hydroxylation is 1. The molecule has 0 radical (unpaired) electrons. The standard InChI is InChI=1S/C22H23N5OS2/c1-12(2)15-6-8-17(9-7-15)26-13(3)10-16(14(26)4)11-18-19(23)27-21(24-20(18)28)30-22(25-27)29-5/h6-12,23H,1-5H3/b18-11+,23-19?. The van der Waals surface area contributed by atoms with Gasteiger partial charge in [0.2, 0.25) is 5.17 Å². The Kier molecular flexibility index (Phi) is 5.46. The zero-order valence-corrected chi connectivity index (χ0v) is 19.2. The molecule has 0 saturated heterocycles. The van der Waals surface area contributed by atoms with E-state index in [1.807, 2.05) is 26.2 Å². The maximum atomic E-state index is 12.6. The van der Waals surface area contributed by atoms with Crippen LogP contribution in [0.4, 0.5) is 0 Å². The van der Waals surface area contributed by atoms with Gasteiger partial charge in [-0.25, -0.2) is 0 Å². The lowest BCUT2D eigenvalue weighted by Gasteiger charge is -2.20. The van der Waals surface area contributed by atoms with Crippen molar-refractivity contribution in [2.24, 2.45) is 10.1 Å². The number of hydrogen-bond donors (Lipinski definition) is 1. The fraction of sp³-hybridized carbons (Fsp3) is 0.273. The van der Waals surface area contributed by atoms with Crippen LogP contribution in [0.1, 0.15) is 42.3 Å². The minimum absolute atomic E-state index is 0.0626. The van der Waals surface area contributed by atoms with Crippen LogP contribution in [-0.2, 0) is 4.79 Å². The number of nitrogens with one attached hydrogen (secondary N) is 1. The number of rotatable bonds is 3. The lowest BCUT2D eigenvalue weighted by molar-refractivity contribution is -0.114. The molecule has 1 aromatic heterocycles. The minimum Gasteiger partial charge on any atom is -0.318 e. The molecule has 0 bridgehead atoms. The molecule has 6 nitrogen and oxygen atoms in total. The Labute approximate surface area is 184 Å². The number of hydrazone groups is 1. The van der Waals surface area contributed by atoms with Gasteiger partial charge in [-0.05, 0) is 73.2 Å². The Morgan fingerprint density at radius 3 is 2.53 bits per heavy atom. The first kappa shape index (κ1) is 20.7. The molecule has 0 saturated carbocycles. The Bertz CT molecular complexity index is 1140. The lowest BCUT2D eigenvalue weighted by Crippen LogP contribution is -2.35. The third-order valence-corrected chi connectivity index (χ3v) is 7.08. The van der Waals surface area contributed by atoms with Crippen LogP contribution in [0, 0.1) is 19.3 Å². The van der Waals surface area contributed by atoms with Gasteiger partial charge in [0.25, 0.3) is 5.91 Å². The molecule has 1 amide bonds. The van der Waals surface area contributed by atoms with Gasteiger partial charge in [-0.2, -0.15) is 10.0 Å². The van der Waals surface area contributed by atoms with Crippen molar-refractivity contribution in [1.29, 1.82) is 5.41 Å². The highest BCUT2D eigenvalue weighted by atomic mass is 32.2. The molecule has 1 aromatic carbocycles. The third-order valence-electron chi connectivity index (χ3n) is 5.20. The van der Waals surface area contributed by atoms with E-state index < -0.39 is 5.91 Å². The molecule has 4 rings (SSSR count). The first-order valence-corrected chi connectivity index (χ1v) is 11.7. The van der Waals surface area contributed by atoms with E-state index in [9.17, 15) is 4.79 Å². The number of aromatic nitrogens is 1. The van der Waals surface area contributed by atoms with Crippen LogP contribution in [0.25, 0.3) is 11.8 Å². The van der Waals surface area contributed by atoms with Crippen molar-refractivity contribution in [3.8, 4) is 5.69 Å². The van der Waals surface area contributed by atoms with Gasteiger partial charge in [0.15, 0.2) is 10.2 Å². The maximum Gasteiger partial charge on any atom is 0.283 e. The number of benzene rings is 1. The summed E-state index contributed by atoms with van der Waals surface area (Å²) in [5.41, 5.74) is 5.60. The lowest BCUT2D eigenvalue weighted by atomic mass is 10.0. The molecular formula is C22H23N5OS2. The average molecular weight is 438 g/mol. The second-order valence-electron chi connectivity index (χ2n) is 7.50. The summed E-state index contributed by atoms with van der Waals surface area (Å²) in [7, 11) is 0. The minimum atomic E-state index is -0.401. The Morgan fingerprint density at radius 2 is 1.90 bits per heavy atom. The van der Waals surface area contributed by atoms with Crippen LogP contribution in [0.2, 0.25) is 0 Å². The van der Waals surface area contributed by atoms with Crippen LogP contribution in [0.15, 0.2) is 46.0 Å². The van der Waals surface area contributed by atoms with Crippen molar-refractivity contribution >= 4 is 50.9 Å². The molecule has 0 spiro atoms. The van der Waals surface area contributed by atoms with Gasteiger partial charge < -0.3 is 4.57 Å². The van der Waals surface area contributed by atoms with Crippen molar-refractivity contribution in [2.45, 2.75) is 33.6 Å². The summed E-state index contributed by atoms with van der Waals surface area (Å²) in [6.45, 7) is 8.43. The largest absolute Gasteiger partial charge is 0.318 e. The van der Waals surface area contributed by atoms with Gasteiger partial charge in [0, 0.05) is 17.1 Å². The SMILES string of the molecule is CSC1=NN2C(=N)/C(=C\c3cc(C)n(-c4ccc(C(C)C)cc4)c3C)C(=O)N=C2S1. The van der Waals surface area contributed by atoms with Gasteiger partial charge in [-0.3, -0.25) is 10.2 Å². The van der Waals surface area contributed by atoms with Crippen LogP contribution in [0.3, 0.4) is 0 Å². The van der Waals surface area contributed by atoms with E-state index in [1.165, 1.54) is 34.1 Å². The zero-order chi connectivity index (χ0) is 21.6. The van der Waals surface area contributed by atoms with E-state index in [4.69, 9.17) is 5.41 Å². The molecule has 2 aliphatic rings. The number of carbonyl (C=O) groups is 1. The molecule has 0 fully saturated rings. The number of thioether (sulfide) groups is 2. The van der Waals surface area contributed by atoms with E-state index >= 15 is 0 Å². The van der Waals surface area contributed by atoms with E-state index in [0.717, 1.165) is 27.0 Å². The third kappa shape index (κ3) is 3.54. The second kappa shape index (κ2) is 7.92. The molecule has 1 N–H and O–H groups in total. The molecule has 3 heterocycles. The van der Waals surface area contributed by atoms with Gasteiger partial charge in [0.1, 0.15) is 0 Å². The van der Waals surface area contributed by atoms with Gasteiger partial charge in [-0.1, -0.05) is 26.0 Å². The molecule has 2 aromatic rings. The van der Waals surface area contributed by atoms with Crippen LogP contribution in [0.5, 0.6) is 0 Å². The normalized spacial score (nSPS) is 17.7. The van der Waals surface area contributed by atoms with Gasteiger partial charge >= 0.3 is 0 Å². The quantitative estimate of drug-likeness (QED) is 0.673. The number of amidine groups is 2. The van der Waals surface area contributed by atoms with E-state index in [0.29, 0.717) is 11.1 Å². The summed E-state index contributed by atoms with van der Waals surface area (Å²) in [6.07, 6.45) is 3.67. The molecule has 0 aliphatic carbocycles. The van der Waals surface area contributed by atoms with E-state index in [2.05, 4.69) is 52.8 Å². The monoisotopic (exact) mass is 437 g/mol. The summed E-state index contributed by atoms with van der Waals surface area (Å²) in [5.74, 6) is 0.146. The Morgan fingerprint density at radius 1 is 1.20 bits per heavy atom. The highest BCUT2D eigenvalue weighted by Crippen LogP contribution is 2.32. The number of amides is 1. The van der Waals surface area contributed by atoms with Crippen LogP contribution < -0.4 is 0 Å². The highest BCUT2D eigenvalue weighted by molar-refractivity contribution is 8.45. The fourth-order valence-electron chi connectivity index (χ4n) is 3.55. The first-order valence-electron chi connectivity index (χ1n) is 9.63. The Balaban J connectivity index is 1.72. The summed E-state index contributed by atoms with van der Waals surface area (Å²) >= 11 is 2.79. The number of nitrogens with zero attached hydrogens (tertiary/aromatic N) is 4. The topological polar surface area (TPSA) is 73.8 Å². The van der Waals surface area contributed by atoms with Gasteiger partial charge in [-0.15, -0.1) is 16.9 Å². The predicted molar refractivity (Wildman–Crippen MR) is 128 cm³/mol. The number of fused-ring (bicyclic) bond motifs is 1. The number of carbonyl (C=O) groups excluding carboxylic acids is 1. The summed E-state index contributed by atoms with van der Waals surface area (Å²) in [4.78, 5) is 16.8. The van der Waals surface area contributed by atoms with Crippen LogP contribution in [-0.4, -0.2) is 37.1 Å². The fourth-order valence-corrected chi connectivity index (χ4v) is 4.90. The summed E-state index contributed by atoms with van der Waals surface area (Å²) in [6, 6.07) is 10.6. The number of aliphatic imine (C=N–C) groups is 1. The van der Waals surface area contributed by atoms with Crippen molar-refractivity contribution < 1.29 is 4.79 Å². The van der Waals surface area contributed by atoms with Gasteiger partial charge in [0.05, 0.1) is 5.57 Å². The van der Waals surface area contributed by atoms with Crippen molar-refractivity contribution in [3.05, 3.63) is 58.4 Å². The molecule has 2 aliphatic heterocycles. The zero-order valence-electron chi connectivity index (χ0n) is 17.6. The molecule has 154 valence electrons. The first-order chi connectivity index (χ1) is 14.3. The molecule has 0 unspecified atom stereocenters. The Hall–Kier alpha value is -2.58. The predicted octanol–water partition coefficient (Wildman–Crippen LogP) is 5.16.